The van der Waals surface area contributed by atoms with Crippen molar-refractivity contribution in [3.8, 4) is 11.5 Å². The highest BCUT2D eigenvalue weighted by molar-refractivity contribution is 5.28. The predicted molar refractivity (Wildman–Crippen MR) is 64.0 cm³/mol. The van der Waals surface area contributed by atoms with E-state index in [-0.39, 0.29) is 5.75 Å². The number of hydrogen-bond donors (Lipinski definition) is 1. The molecule has 0 aromatic carbocycles. The number of rotatable bonds is 5. The van der Waals surface area contributed by atoms with Crippen LogP contribution in [0.25, 0.3) is 0 Å². The molecule has 88 valence electrons. The summed E-state index contributed by atoms with van der Waals surface area (Å²) in [6, 6.07) is 5.53. The zero-order valence-corrected chi connectivity index (χ0v) is 9.41. The van der Waals surface area contributed by atoms with Crippen LogP contribution in [0.15, 0.2) is 43.0 Å². The van der Waals surface area contributed by atoms with Gasteiger partial charge in [0.2, 0.25) is 0 Å². The molecule has 0 atom stereocenters. The molecule has 0 radical (unpaired) electrons. The molecular weight excluding hydrogens is 216 g/mol. The van der Waals surface area contributed by atoms with E-state index in [1.165, 1.54) is 6.20 Å². The fourth-order valence-corrected chi connectivity index (χ4v) is 1.51. The summed E-state index contributed by atoms with van der Waals surface area (Å²) in [6.45, 7) is 0.605. The van der Waals surface area contributed by atoms with Gasteiger partial charge in [-0.05, 0) is 36.6 Å². The Bertz CT molecular complexity index is 460. The lowest BCUT2D eigenvalue weighted by Crippen LogP contribution is -1.99. The Morgan fingerprint density at radius 3 is 2.76 bits per heavy atom. The Morgan fingerprint density at radius 2 is 2.00 bits per heavy atom. The van der Waals surface area contributed by atoms with Crippen LogP contribution in [0.1, 0.15) is 12.0 Å². The molecule has 4 heteroatoms. The molecule has 2 rings (SSSR count). The van der Waals surface area contributed by atoms with Gasteiger partial charge < -0.3 is 9.84 Å². The average Bonchev–Trinajstić information content (AvgIpc) is 2.38. The summed E-state index contributed by atoms with van der Waals surface area (Å²) in [5.74, 6) is 1.01. The molecule has 0 saturated carbocycles. The summed E-state index contributed by atoms with van der Waals surface area (Å²) in [5.41, 5.74) is 0.898. The zero-order chi connectivity index (χ0) is 11.9. The monoisotopic (exact) mass is 230 g/mol. The second-order valence-electron chi connectivity index (χ2n) is 3.65. The van der Waals surface area contributed by atoms with Gasteiger partial charge in [-0.1, -0.05) is 0 Å². The van der Waals surface area contributed by atoms with Gasteiger partial charge >= 0.3 is 0 Å². The molecule has 0 aliphatic carbocycles. The van der Waals surface area contributed by atoms with Crippen molar-refractivity contribution in [1.29, 1.82) is 0 Å². The first kappa shape index (κ1) is 11.4. The molecule has 0 bridgehead atoms. The summed E-state index contributed by atoms with van der Waals surface area (Å²) >= 11 is 0. The van der Waals surface area contributed by atoms with Crippen LogP contribution in [0.5, 0.6) is 11.5 Å². The molecule has 0 fully saturated rings. The van der Waals surface area contributed by atoms with Crippen molar-refractivity contribution in [3.05, 3.63) is 48.5 Å². The molecular formula is C13H14N2O2. The van der Waals surface area contributed by atoms with Crippen molar-refractivity contribution in [2.24, 2.45) is 0 Å². The minimum Gasteiger partial charge on any atom is -0.506 e. The van der Waals surface area contributed by atoms with E-state index < -0.39 is 0 Å². The molecule has 0 unspecified atom stereocenters. The first-order valence-electron chi connectivity index (χ1n) is 5.51. The fraction of sp³-hybridized carbons (Fsp3) is 0.231. The number of nitrogens with zero attached hydrogens (tertiary/aromatic N) is 2. The van der Waals surface area contributed by atoms with Crippen molar-refractivity contribution in [3.63, 3.8) is 0 Å². The minimum atomic E-state index is 0.244. The van der Waals surface area contributed by atoms with Crippen molar-refractivity contribution in [2.75, 3.05) is 6.61 Å². The van der Waals surface area contributed by atoms with Crippen LogP contribution in [-0.4, -0.2) is 21.7 Å². The molecule has 4 nitrogen and oxygen atoms in total. The van der Waals surface area contributed by atoms with Gasteiger partial charge in [0.1, 0.15) is 11.5 Å². The molecule has 0 aliphatic rings. The smallest absolute Gasteiger partial charge is 0.137 e. The molecule has 1 N–H and O–H groups in total. The van der Waals surface area contributed by atoms with E-state index in [9.17, 15) is 5.11 Å². The van der Waals surface area contributed by atoms with Gasteiger partial charge in [0, 0.05) is 12.4 Å². The van der Waals surface area contributed by atoms with Gasteiger partial charge in [-0.15, -0.1) is 0 Å². The molecule has 2 aromatic heterocycles. The number of aromatic hydroxyl groups is 1. The van der Waals surface area contributed by atoms with E-state index in [1.54, 1.807) is 18.6 Å². The maximum Gasteiger partial charge on any atom is 0.137 e. The Morgan fingerprint density at radius 1 is 1.12 bits per heavy atom. The van der Waals surface area contributed by atoms with Gasteiger partial charge in [0.25, 0.3) is 0 Å². The lowest BCUT2D eigenvalue weighted by molar-refractivity contribution is 0.309. The predicted octanol–water partition coefficient (Wildman–Crippen LogP) is 2.19. The highest BCUT2D eigenvalue weighted by Crippen LogP contribution is 2.16. The Balaban J connectivity index is 1.76. The molecule has 0 saturated heterocycles. The van der Waals surface area contributed by atoms with E-state index >= 15 is 0 Å². The summed E-state index contributed by atoms with van der Waals surface area (Å²) in [5, 5.41) is 9.51. The summed E-state index contributed by atoms with van der Waals surface area (Å²) in [7, 11) is 0. The third-order valence-corrected chi connectivity index (χ3v) is 2.38. The second kappa shape index (κ2) is 5.84. The number of aromatic nitrogens is 2. The highest BCUT2D eigenvalue weighted by atomic mass is 16.5. The number of pyridine rings is 2. The van der Waals surface area contributed by atoms with E-state index in [0.29, 0.717) is 6.61 Å². The number of ether oxygens (including phenoxy) is 1. The van der Waals surface area contributed by atoms with Crippen LogP contribution < -0.4 is 4.74 Å². The Labute approximate surface area is 99.9 Å². The molecule has 17 heavy (non-hydrogen) atoms. The van der Waals surface area contributed by atoms with Crippen molar-refractivity contribution >= 4 is 0 Å². The third kappa shape index (κ3) is 3.45. The van der Waals surface area contributed by atoms with E-state index in [2.05, 4.69) is 9.97 Å². The minimum absolute atomic E-state index is 0.244. The molecule has 2 heterocycles. The standard InChI is InChI=1S/C13H14N2O2/c16-13-10-15-7-5-11(13)3-2-8-17-12-4-1-6-14-9-12/h1,4-7,9-10,16H,2-3,8H2. The summed E-state index contributed by atoms with van der Waals surface area (Å²) in [4.78, 5) is 7.79. The van der Waals surface area contributed by atoms with E-state index in [1.807, 2.05) is 18.2 Å². The van der Waals surface area contributed by atoms with Gasteiger partial charge in [0.05, 0.1) is 19.0 Å². The molecule has 2 aromatic rings. The van der Waals surface area contributed by atoms with Crippen molar-refractivity contribution in [2.45, 2.75) is 12.8 Å². The van der Waals surface area contributed by atoms with Crippen LogP contribution in [0.3, 0.4) is 0 Å². The van der Waals surface area contributed by atoms with E-state index in [4.69, 9.17) is 4.74 Å². The molecule has 0 spiro atoms. The third-order valence-electron chi connectivity index (χ3n) is 2.38. The Kier molecular flexibility index (Phi) is 3.91. The lowest BCUT2D eigenvalue weighted by Gasteiger charge is -2.06. The van der Waals surface area contributed by atoms with Gasteiger partial charge in [-0.25, -0.2) is 0 Å². The van der Waals surface area contributed by atoms with Crippen LogP contribution >= 0.6 is 0 Å². The van der Waals surface area contributed by atoms with Crippen molar-refractivity contribution < 1.29 is 9.84 Å². The SMILES string of the molecule is Oc1cnccc1CCCOc1cccnc1. The topological polar surface area (TPSA) is 55.2 Å². The normalized spacial score (nSPS) is 10.1. The van der Waals surface area contributed by atoms with Gasteiger partial charge in [0.15, 0.2) is 0 Å². The number of aryl methyl sites for hydroxylation is 1. The van der Waals surface area contributed by atoms with E-state index in [0.717, 1.165) is 24.2 Å². The molecule has 0 aliphatic heterocycles. The maximum absolute atomic E-state index is 9.51. The Hall–Kier alpha value is -2.10. The maximum atomic E-state index is 9.51. The molecule has 0 amide bonds. The zero-order valence-electron chi connectivity index (χ0n) is 9.41. The van der Waals surface area contributed by atoms with Gasteiger partial charge in [-0.2, -0.15) is 0 Å². The van der Waals surface area contributed by atoms with Crippen LogP contribution in [0, 0.1) is 0 Å². The van der Waals surface area contributed by atoms with Gasteiger partial charge in [-0.3, -0.25) is 9.97 Å². The highest BCUT2D eigenvalue weighted by Gasteiger charge is 2.00. The first-order chi connectivity index (χ1) is 8.36. The van der Waals surface area contributed by atoms with Crippen LogP contribution in [-0.2, 0) is 6.42 Å². The first-order valence-corrected chi connectivity index (χ1v) is 5.51. The largest absolute Gasteiger partial charge is 0.506 e. The second-order valence-corrected chi connectivity index (χ2v) is 3.65. The van der Waals surface area contributed by atoms with Crippen LogP contribution in [0.4, 0.5) is 0 Å². The summed E-state index contributed by atoms with van der Waals surface area (Å²) < 4.78 is 5.51. The van der Waals surface area contributed by atoms with Crippen molar-refractivity contribution in [1.82, 2.24) is 9.97 Å². The quantitative estimate of drug-likeness (QED) is 0.800. The van der Waals surface area contributed by atoms with Crippen LogP contribution in [0.2, 0.25) is 0 Å². The lowest BCUT2D eigenvalue weighted by atomic mass is 10.1. The number of hydrogen-bond acceptors (Lipinski definition) is 4. The summed E-state index contributed by atoms with van der Waals surface area (Å²) in [6.07, 6.45) is 8.14. The average molecular weight is 230 g/mol. The fourth-order valence-electron chi connectivity index (χ4n) is 1.51.